The van der Waals surface area contributed by atoms with Crippen LogP contribution in [0.3, 0.4) is 0 Å². The largest absolute Gasteiger partial charge is 0.496 e. The number of nitrogens with zero attached hydrogens (tertiary/aromatic N) is 4. The minimum Gasteiger partial charge on any atom is -0.496 e. The molecule has 0 radical (unpaired) electrons. The first-order chi connectivity index (χ1) is 15.6. The number of carbonyl (C=O) groups excluding carboxylic acids is 1. The van der Waals surface area contributed by atoms with Gasteiger partial charge in [0.15, 0.2) is 11.0 Å². The van der Waals surface area contributed by atoms with Gasteiger partial charge in [0.05, 0.1) is 18.4 Å². The topological polar surface area (TPSA) is 60.3 Å². The van der Waals surface area contributed by atoms with E-state index in [0.29, 0.717) is 22.8 Å². The summed E-state index contributed by atoms with van der Waals surface area (Å²) in [4.78, 5) is 15.1. The summed E-state index contributed by atoms with van der Waals surface area (Å²) in [6.45, 7) is 5.08. The van der Waals surface area contributed by atoms with Crippen molar-refractivity contribution in [1.29, 1.82) is 0 Å². The van der Waals surface area contributed by atoms with Gasteiger partial charge in [0.25, 0.3) is 0 Å². The Labute approximate surface area is 194 Å². The lowest BCUT2D eigenvalue weighted by Crippen LogP contribution is -2.44. The molecule has 0 saturated carbocycles. The number of likely N-dealkylation sites (tertiary alicyclic amines) is 1. The Morgan fingerprint density at radius 3 is 2.66 bits per heavy atom. The molecular weight excluding hydrogens is 420 g/mol. The molecule has 168 valence electrons. The smallest absolute Gasteiger partial charge is 0.233 e. The summed E-state index contributed by atoms with van der Waals surface area (Å²) in [6, 6.07) is 16.4. The fourth-order valence-electron chi connectivity index (χ4n) is 4.26. The lowest BCUT2D eigenvalue weighted by Gasteiger charge is -2.35. The maximum atomic E-state index is 13.0. The van der Waals surface area contributed by atoms with Gasteiger partial charge < -0.3 is 9.64 Å². The molecular formula is C25H30N4O2S. The van der Waals surface area contributed by atoms with Gasteiger partial charge in [-0.1, -0.05) is 48.5 Å². The average molecular weight is 451 g/mol. The molecule has 1 unspecified atom stereocenters. The van der Waals surface area contributed by atoms with Crippen LogP contribution in [-0.4, -0.2) is 51.0 Å². The highest BCUT2D eigenvalue weighted by Crippen LogP contribution is 2.33. The summed E-state index contributed by atoms with van der Waals surface area (Å²) < 4.78 is 7.59. The molecule has 1 fully saturated rings. The number of hydrogen-bond acceptors (Lipinski definition) is 5. The summed E-state index contributed by atoms with van der Waals surface area (Å²) in [5.74, 6) is 1.97. The molecule has 1 aliphatic rings. The van der Waals surface area contributed by atoms with Crippen molar-refractivity contribution in [1.82, 2.24) is 19.7 Å². The quantitative estimate of drug-likeness (QED) is 0.467. The molecule has 4 rings (SSSR count). The molecule has 1 aliphatic heterocycles. The number of hydrogen-bond donors (Lipinski definition) is 0. The van der Waals surface area contributed by atoms with Crippen LogP contribution in [0, 0.1) is 6.92 Å². The minimum absolute atomic E-state index is 0.179. The second-order valence-corrected chi connectivity index (χ2v) is 9.05. The van der Waals surface area contributed by atoms with Crippen LogP contribution < -0.4 is 4.74 Å². The number of amides is 1. The van der Waals surface area contributed by atoms with Crippen LogP contribution in [-0.2, 0) is 4.79 Å². The molecule has 3 aromatic rings. The highest BCUT2D eigenvalue weighted by Gasteiger charge is 2.26. The van der Waals surface area contributed by atoms with Crippen LogP contribution in [0.5, 0.6) is 5.75 Å². The minimum atomic E-state index is 0.179. The third kappa shape index (κ3) is 4.67. The Balaban J connectivity index is 1.66. The van der Waals surface area contributed by atoms with Crippen molar-refractivity contribution in [2.45, 2.75) is 50.7 Å². The van der Waals surface area contributed by atoms with Gasteiger partial charge in [-0.05, 0) is 56.9 Å². The number of carbonyl (C=O) groups is 1. The second-order valence-electron chi connectivity index (χ2n) is 8.11. The third-order valence-electron chi connectivity index (χ3n) is 6.02. The average Bonchev–Trinajstić information content (AvgIpc) is 3.26. The number of aryl methyl sites for hydroxylation is 1. The summed E-state index contributed by atoms with van der Waals surface area (Å²) >= 11 is 1.45. The maximum Gasteiger partial charge on any atom is 0.233 e. The van der Waals surface area contributed by atoms with E-state index in [4.69, 9.17) is 4.74 Å². The fourth-order valence-corrected chi connectivity index (χ4v) is 5.09. The third-order valence-corrected chi connectivity index (χ3v) is 6.93. The van der Waals surface area contributed by atoms with Crippen molar-refractivity contribution in [2.24, 2.45) is 0 Å². The van der Waals surface area contributed by atoms with Crippen molar-refractivity contribution in [3.05, 3.63) is 54.1 Å². The molecule has 0 bridgehead atoms. The van der Waals surface area contributed by atoms with Gasteiger partial charge in [-0.15, -0.1) is 10.2 Å². The Hall–Kier alpha value is -2.80. The highest BCUT2D eigenvalue weighted by atomic mass is 32.2. The predicted octanol–water partition coefficient (Wildman–Crippen LogP) is 5.13. The van der Waals surface area contributed by atoms with Gasteiger partial charge >= 0.3 is 0 Å². The molecule has 1 amide bonds. The lowest BCUT2D eigenvalue weighted by atomic mass is 10.0. The molecule has 1 aromatic heterocycles. The van der Waals surface area contributed by atoms with E-state index in [9.17, 15) is 4.79 Å². The van der Waals surface area contributed by atoms with Crippen LogP contribution in [0.25, 0.3) is 17.1 Å². The first-order valence-electron chi connectivity index (χ1n) is 11.2. The normalized spacial score (nSPS) is 16.2. The lowest BCUT2D eigenvalue weighted by molar-refractivity contribution is -0.132. The Morgan fingerprint density at radius 1 is 1.12 bits per heavy atom. The first kappa shape index (κ1) is 22.4. The maximum absolute atomic E-state index is 13.0. The summed E-state index contributed by atoms with van der Waals surface area (Å²) in [6.07, 6.45) is 4.40. The zero-order chi connectivity index (χ0) is 22.5. The van der Waals surface area contributed by atoms with E-state index in [1.54, 1.807) is 7.11 Å². The van der Waals surface area contributed by atoms with Crippen LogP contribution >= 0.6 is 11.8 Å². The zero-order valence-electron chi connectivity index (χ0n) is 19.0. The standard InChI is InChI=1S/C25H30N4O2S/c1-4-19-9-7-8-16-28(19)23(30)17-32-25-27-26-24(21-10-5-6-11-22(21)31-3)29(25)20-14-12-18(2)13-15-20/h5-6,10-15,19H,4,7-9,16-17H2,1-3H3. The molecule has 1 saturated heterocycles. The number of piperidine rings is 1. The molecule has 2 aromatic carbocycles. The monoisotopic (exact) mass is 450 g/mol. The molecule has 1 atom stereocenters. The van der Waals surface area contributed by atoms with E-state index in [-0.39, 0.29) is 5.91 Å². The molecule has 32 heavy (non-hydrogen) atoms. The number of para-hydroxylation sites is 1. The van der Waals surface area contributed by atoms with Gasteiger partial charge in [0.1, 0.15) is 5.75 Å². The van der Waals surface area contributed by atoms with Gasteiger partial charge in [0, 0.05) is 18.3 Å². The molecule has 2 heterocycles. The van der Waals surface area contributed by atoms with Crippen molar-refractivity contribution < 1.29 is 9.53 Å². The molecule has 0 N–H and O–H groups in total. The van der Waals surface area contributed by atoms with E-state index in [0.717, 1.165) is 42.8 Å². The number of benzene rings is 2. The number of methoxy groups -OCH3 is 1. The Bertz CT molecular complexity index is 1060. The summed E-state index contributed by atoms with van der Waals surface area (Å²) in [5.41, 5.74) is 3.00. The number of rotatable bonds is 7. The van der Waals surface area contributed by atoms with Crippen LogP contribution in [0.15, 0.2) is 53.7 Å². The van der Waals surface area contributed by atoms with Crippen LogP contribution in [0.1, 0.15) is 38.2 Å². The summed E-state index contributed by atoms with van der Waals surface area (Å²) in [7, 11) is 1.66. The van der Waals surface area contributed by atoms with Gasteiger partial charge in [0.2, 0.25) is 5.91 Å². The van der Waals surface area contributed by atoms with Gasteiger partial charge in [-0.2, -0.15) is 0 Å². The van der Waals surface area contributed by atoms with Crippen molar-refractivity contribution >= 4 is 17.7 Å². The molecule has 0 spiro atoms. The van der Waals surface area contributed by atoms with Crippen molar-refractivity contribution in [3.63, 3.8) is 0 Å². The second kappa shape index (κ2) is 10.2. The zero-order valence-corrected chi connectivity index (χ0v) is 19.8. The molecule has 7 heteroatoms. The van der Waals surface area contributed by atoms with E-state index in [1.807, 2.05) is 28.8 Å². The van der Waals surface area contributed by atoms with Crippen LogP contribution in [0.4, 0.5) is 0 Å². The number of ether oxygens (including phenoxy) is 1. The van der Waals surface area contributed by atoms with E-state index in [2.05, 4.69) is 53.2 Å². The van der Waals surface area contributed by atoms with E-state index >= 15 is 0 Å². The molecule has 0 aliphatic carbocycles. The van der Waals surface area contributed by atoms with E-state index in [1.165, 1.54) is 23.7 Å². The van der Waals surface area contributed by atoms with E-state index < -0.39 is 0 Å². The van der Waals surface area contributed by atoms with Crippen molar-refractivity contribution in [2.75, 3.05) is 19.4 Å². The number of aromatic nitrogens is 3. The predicted molar refractivity (Wildman–Crippen MR) is 128 cm³/mol. The Kier molecular flexibility index (Phi) is 7.15. The van der Waals surface area contributed by atoms with Crippen molar-refractivity contribution in [3.8, 4) is 22.8 Å². The first-order valence-corrected chi connectivity index (χ1v) is 12.2. The van der Waals surface area contributed by atoms with Gasteiger partial charge in [-0.3, -0.25) is 9.36 Å². The fraction of sp³-hybridized carbons (Fsp3) is 0.400. The SMILES string of the molecule is CCC1CCCCN1C(=O)CSc1nnc(-c2ccccc2OC)n1-c1ccc(C)cc1. The highest BCUT2D eigenvalue weighted by molar-refractivity contribution is 7.99. The number of thioether (sulfide) groups is 1. The van der Waals surface area contributed by atoms with Crippen LogP contribution in [0.2, 0.25) is 0 Å². The Morgan fingerprint density at radius 2 is 1.91 bits per heavy atom. The van der Waals surface area contributed by atoms with Gasteiger partial charge in [-0.25, -0.2) is 0 Å². The molecule has 6 nitrogen and oxygen atoms in total. The summed E-state index contributed by atoms with van der Waals surface area (Å²) in [5, 5.41) is 9.68.